The summed E-state index contributed by atoms with van der Waals surface area (Å²) in [4.78, 5) is 11.8. The van der Waals surface area contributed by atoms with Crippen LogP contribution < -0.4 is 10.6 Å². The topological polar surface area (TPSA) is 69.8 Å². The molecule has 0 atom stereocenters. The summed E-state index contributed by atoms with van der Waals surface area (Å²) >= 11 is 0. The lowest BCUT2D eigenvalue weighted by atomic mass is 9.91. The number of nitrogens with zero attached hydrogens (tertiary/aromatic N) is 1. The van der Waals surface area contributed by atoms with Crippen molar-refractivity contribution in [3.05, 3.63) is 18.0 Å². The first kappa shape index (κ1) is 12.1. The van der Waals surface area contributed by atoms with Crippen LogP contribution in [0, 0.1) is 0 Å². The monoisotopic (exact) mass is 236 g/mol. The van der Waals surface area contributed by atoms with Crippen LogP contribution in [0.25, 0.3) is 0 Å². The standard InChI is InChI=1S/C12H20N4O/c1-2-13-10-3-5-11(6-4-10)16-12(17)9-7-14-15-8-9/h7-8,10-11,13H,2-6H2,1H3,(H,14,15)(H,16,17). The second-order valence-corrected chi connectivity index (χ2v) is 4.57. The van der Waals surface area contributed by atoms with Crippen molar-refractivity contribution in [3.8, 4) is 0 Å². The van der Waals surface area contributed by atoms with Crippen LogP contribution in [0.4, 0.5) is 0 Å². The summed E-state index contributed by atoms with van der Waals surface area (Å²) in [7, 11) is 0. The molecule has 1 saturated carbocycles. The Labute approximate surface area is 101 Å². The van der Waals surface area contributed by atoms with Crippen molar-refractivity contribution >= 4 is 5.91 Å². The lowest BCUT2D eigenvalue weighted by Crippen LogP contribution is -2.42. The molecule has 1 fully saturated rings. The van der Waals surface area contributed by atoms with E-state index in [9.17, 15) is 4.79 Å². The van der Waals surface area contributed by atoms with Gasteiger partial charge in [0.2, 0.25) is 0 Å². The molecule has 0 aliphatic heterocycles. The summed E-state index contributed by atoms with van der Waals surface area (Å²) in [5, 5.41) is 12.9. The van der Waals surface area contributed by atoms with Crippen LogP contribution in [0.15, 0.2) is 12.4 Å². The number of carbonyl (C=O) groups is 1. The van der Waals surface area contributed by atoms with Crippen molar-refractivity contribution in [2.24, 2.45) is 0 Å². The summed E-state index contributed by atoms with van der Waals surface area (Å²) in [6, 6.07) is 0.939. The van der Waals surface area contributed by atoms with Gasteiger partial charge >= 0.3 is 0 Å². The molecule has 0 bridgehead atoms. The van der Waals surface area contributed by atoms with E-state index in [2.05, 4.69) is 27.8 Å². The predicted molar refractivity (Wildman–Crippen MR) is 65.8 cm³/mol. The molecule has 1 amide bonds. The number of amides is 1. The summed E-state index contributed by atoms with van der Waals surface area (Å²) < 4.78 is 0. The van der Waals surface area contributed by atoms with E-state index in [-0.39, 0.29) is 5.91 Å². The summed E-state index contributed by atoms with van der Waals surface area (Å²) in [6.07, 6.45) is 7.58. The minimum atomic E-state index is -0.0225. The van der Waals surface area contributed by atoms with Gasteiger partial charge in [0.25, 0.3) is 5.91 Å². The Kier molecular flexibility index (Phi) is 4.14. The van der Waals surface area contributed by atoms with Gasteiger partial charge in [-0.3, -0.25) is 9.89 Å². The number of aromatic nitrogens is 2. The minimum Gasteiger partial charge on any atom is -0.349 e. The fraction of sp³-hybridized carbons (Fsp3) is 0.667. The third-order valence-corrected chi connectivity index (χ3v) is 3.32. The van der Waals surface area contributed by atoms with Gasteiger partial charge in [0.05, 0.1) is 11.8 Å². The van der Waals surface area contributed by atoms with Crippen LogP contribution in [0.2, 0.25) is 0 Å². The Bertz CT molecular complexity index is 341. The minimum absolute atomic E-state index is 0.0225. The maximum Gasteiger partial charge on any atom is 0.254 e. The summed E-state index contributed by atoms with van der Waals surface area (Å²) in [5.41, 5.74) is 0.610. The summed E-state index contributed by atoms with van der Waals surface area (Å²) in [6.45, 7) is 3.16. The Balaban J connectivity index is 1.76. The fourth-order valence-corrected chi connectivity index (χ4v) is 2.37. The van der Waals surface area contributed by atoms with E-state index in [1.165, 1.54) is 0 Å². The third-order valence-electron chi connectivity index (χ3n) is 3.32. The molecule has 5 heteroatoms. The van der Waals surface area contributed by atoms with Crippen LogP contribution in [0.1, 0.15) is 43.0 Å². The third kappa shape index (κ3) is 3.30. The number of rotatable bonds is 4. The van der Waals surface area contributed by atoms with E-state index in [0.717, 1.165) is 32.2 Å². The van der Waals surface area contributed by atoms with Gasteiger partial charge in [0.15, 0.2) is 0 Å². The highest BCUT2D eigenvalue weighted by molar-refractivity contribution is 5.93. The van der Waals surface area contributed by atoms with Crippen LogP contribution in [-0.4, -0.2) is 34.7 Å². The van der Waals surface area contributed by atoms with Gasteiger partial charge in [-0.1, -0.05) is 6.92 Å². The van der Waals surface area contributed by atoms with Gasteiger partial charge in [-0.15, -0.1) is 0 Å². The van der Waals surface area contributed by atoms with E-state index in [4.69, 9.17) is 0 Å². The van der Waals surface area contributed by atoms with Gasteiger partial charge in [-0.2, -0.15) is 5.10 Å². The van der Waals surface area contributed by atoms with Gasteiger partial charge < -0.3 is 10.6 Å². The zero-order valence-corrected chi connectivity index (χ0v) is 10.2. The molecule has 0 saturated heterocycles. The maximum absolute atomic E-state index is 11.8. The number of hydrogen-bond donors (Lipinski definition) is 3. The molecule has 0 unspecified atom stereocenters. The fourth-order valence-electron chi connectivity index (χ4n) is 2.37. The molecule has 3 N–H and O–H groups in total. The van der Waals surface area contributed by atoms with Crippen molar-refractivity contribution in [3.63, 3.8) is 0 Å². The van der Waals surface area contributed by atoms with Crippen molar-refractivity contribution in [2.75, 3.05) is 6.54 Å². The highest BCUT2D eigenvalue weighted by Crippen LogP contribution is 2.18. The molecule has 1 aromatic heterocycles. The van der Waals surface area contributed by atoms with E-state index in [1.54, 1.807) is 12.4 Å². The first-order chi connectivity index (χ1) is 8.29. The van der Waals surface area contributed by atoms with Crippen molar-refractivity contribution in [2.45, 2.75) is 44.7 Å². The molecule has 1 heterocycles. The van der Waals surface area contributed by atoms with Crippen molar-refractivity contribution < 1.29 is 4.79 Å². The second kappa shape index (κ2) is 5.82. The number of nitrogens with one attached hydrogen (secondary N) is 3. The molecule has 1 aliphatic rings. The molecule has 17 heavy (non-hydrogen) atoms. The highest BCUT2D eigenvalue weighted by Gasteiger charge is 2.22. The maximum atomic E-state index is 11.8. The van der Waals surface area contributed by atoms with E-state index in [1.807, 2.05) is 0 Å². The first-order valence-corrected chi connectivity index (χ1v) is 6.32. The number of H-pyrrole nitrogens is 1. The van der Waals surface area contributed by atoms with Crippen LogP contribution >= 0.6 is 0 Å². The first-order valence-electron chi connectivity index (χ1n) is 6.32. The van der Waals surface area contributed by atoms with Gasteiger partial charge in [0, 0.05) is 18.3 Å². The van der Waals surface area contributed by atoms with Gasteiger partial charge in [-0.05, 0) is 32.2 Å². The molecule has 2 rings (SSSR count). The largest absolute Gasteiger partial charge is 0.349 e. The molecule has 5 nitrogen and oxygen atoms in total. The lowest BCUT2D eigenvalue weighted by Gasteiger charge is -2.29. The number of aromatic amines is 1. The van der Waals surface area contributed by atoms with Gasteiger partial charge in [0.1, 0.15) is 0 Å². The normalized spacial score (nSPS) is 24.5. The zero-order chi connectivity index (χ0) is 12.1. The molecular formula is C12H20N4O. The van der Waals surface area contributed by atoms with E-state index < -0.39 is 0 Å². The molecule has 1 aliphatic carbocycles. The molecule has 0 aromatic carbocycles. The summed E-state index contributed by atoms with van der Waals surface area (Å²) in [5.74, 6) is -0.0225. The zero-order valence-electron chi connectivity index (χ0n) is 10.2. The average molecular weight is 236 g/mol. The molecular weight excluding hydrogens is 216 g/mol. The Morgan fingerprint density at radius 1 is 1.41 bits per heavy atom. The molecule has 94 valence electrons. The van der Waals surface area contributed by atoms with E-state index in [0.29, 0.717) is 17.6 Å². The Morgan fingerprint density at radius 3 is 2.71 bits per heavy atom. The number of carbonyl (C=O) groups excluding carboxylic acids is 1. The van der Waals surface area contributed by atoms with Crippen molar-refractivity contribution in [1.82, 2.24) is 20.8 Å². The van der Waals surface area contributed by atoms with Gasteiger partial charge in [-0.25, -0.2) is 0 Å². The average Bonchev–Trinajstić information content (AvgIpc) is 2.86. The van der Waals surface area contributed by atoms with Crippen LogP contribution in [0.3, 0.4) is 0 Å². The number of hydrogen-bond acceptors (Lipinski definition) is 3. The SMILES string of the molecule is CCNC1CCC(NC(=O)c2cn[nH]c2)CC1. The Morgan fingerprint density at radius 2 is 2.12 bits per heavy atom. The van der Waals surface area contributed by atoms with Crippen LogP contribution in [-0.2, 0) is 0 Å². The van der Waals surface area contributed by atoms with Crippen molar-refractivity contribution in [1.29, 1.82) is 0 Å². The Hall–Kier alpha value is -1.36. The second-order valence-electron chi connectivity index (χ2n) is 4.57. The lowest BCUT2D eigenvalue weighted by molar-refractivity contribution is 0.0924. The quantitative estimate of drug-likeness (QED) is 0.732. The van der Waals surface area contributed by atoms with E-state index >= 15 is 0 Å². The molecule has 1 aromatic rings. The molecule has 0 radical (unpaired) electrons. The van der Waals surface area contributed by atoms with Crippen LogP contribution in [0.5, 0.6) is 0 Å². The highest BCUT2D eigenvalue weighted by atomic mass is 16.1. The predicted octanol–water partition coefficient (Wildman–Crippen LogP) is 1.06. The smallest absolute Gasteiger partial charge is 0.254 e. The molecule has 0 spiro atoms.